The van der Waals surface area contributed by atoms with Crippen LogP contribution in [0.3, 0.4) is 0 Å². The van der Waals surface area contributed by atoms with Crippen molar-refractivity contribution in [1.82, 2.24) is 4.98 Å². The maximum Gasteiger partial charge on any atom is 0.341 e. The molecule has 0 saturated heterocycles. The Hall–Kier alpha value is -1.82. The third-order valence-corrected chi connectivity index (χ3v) is 1.89. The minimum atomic E-state index is -1.20. The molecule has 7 heteroatoms. The molecule has 0 fully saturated rings. The zero-order valence-electron chi connectivity index (χ0n) is 7.64. The SMILES string of the molecule is COc1ncc(C(Cl)=NO)cc1C(=O)O. The highest BCUT2D eigenvalue weighted by molar-refractivity contribution is 6.69. The molecule has 1 aromatic heterocycles. The summed E-state index contributed by atoms with van der Waals surface area (Å²) >= 11 is 5.49. The molecule has 1 rings (SSSR count). The van der Waals surface area contributed by atoms with Crippen molar-refractivity contribution in [2.45, 2.75) is 0 Å². The van der Waals surface area contributed by atoms with Gasteiger partial charge < -0.3 is 15.1 Å². The van der Waals surface area contributed by atoms with E-state index in [9.17, 15) is 4.79 Å². The second-order valence-corrected chi connectivity index (χ2v) is 2.83. The van der Waals surface area contributed by atoms with Gasteiger partial charge in [-0.2, -0.15) is 0 Å². The summed E-state index contributed by atoms with van der Waals surface area (Å²) in [6, 6.07) is 1.20. The van der Waals surface area contributed by atoms with Gasteiger partial charge in [0.25, 0.3) is 0 Å². The number of methoxy groups -OCH3 is 1. The number of aromatic carboxylic acids is 1. The quantitative estimate of drug-likeness (QED) is 0.462. The molecule has 15 heavy (non-hydrogen) atoms. The molecule has 0 radical (unpaired) electrons. The van der Waals surface area contributed by atoms with E-state index in [1.807, 2.05) is 0 Å². The summed E-state index contributed by atoms with van der Waals surface area (Å²) in [5, 5.41) is 19.7. The van der Waals surface area contributed by atoms with Crippen LogP contribution in [0, 0.1) is 0 Å². The van der Waals surface area contributed by atoms with Crippen molar-refractivity contribution in [3.8, 4) is 5.88 Å². The van der Waals surface area contributed by atoms with Gasteiger partial charge in [0, 0.05) is 11.8 Å². The number of hydrogen-bond donors (Lipinski definition) is 2. The van der Waals surface area contributed by atoms with E-state index >= 15 is 0 Å². The zero-order chi connectivity index (χ0) is 11.4. The number of hydrogen-bond acceptors (Lipinski definition) is 5. The van der Waals surface area contributed by atoms with Gasteiger partial charge in [-0.3, -0.25) is 0 Å². The second kappa shape index (κ2) is 4.61. The molecule has 0 aliphatic carbocycles. The Morgan fingerprint density at radius 3 is 2.80 bits per heavy atom. The van der Waals surface area contributed by atoms with Crippen molar-refractivity contribution < 1.29 is 19.8 Å². The standard InChI is InChI=1S/C8H7ClN2O4/c1-15-7-5(8(12)13)2-4(3-10-7)6(9)11-14/h2-3,14H,1H3,(H,12,13). The molecule has 0 aliphatic rings. The van der Waals surface area contributed by atoms with Crippen LogP contribution in [0.5, 0.6) is 5.88 Å². The molecular weight excluding hydrogens is 224 g/mol. The monoisotopic (exact) mass is 230 g/mol. The predicted molar refractivity (Wildman–Crippen MR) is 51.9 cm³/mol. The van der Waals surface area contributed by atoms with Gasteiger partial charge in [0.2, 0.25) is 5.88 Å². The Bertz CT molecular complexity index is 419. The van der Waals surface area contributed by atoms with Crippen LogP contribution in [0.15, 0.2) is 17.4 Å². The lowest BCUT2D eigenvalue weighted by Gasteiger charge is -2.04. The Morgan fingerprint density at radius 2 is 2.33 bits per heavy atom. The Kier molecular flexibility index (Phi) is 3.46. The van der Waals surface area contributed by atoms with E-state index in [-0.39, 0.29) is 22.2 Å². The van der Waals surface area contributed by atoms with E-state index < -0.39 is 5.97 Å². The summed E-state index contributed by atoms with van der Waals surface area (Å²) in [4.78, 5) is 14.5. The van der Waals surface area contributed by atoms with E-state index in [4.69, 9.17) is 26.7 Å². The van der Waals surface area contributed by atoms with Gasteiger partial charge in [0.15, 0.2) is 5.17 Å². The number of ether oxygens (including phenoxy) is 1. The summed E-state index contributed by atoms with van der Waals surface area (Å²) < 4.78 is 4.74. The molecule has 2 N–H and O–H groups in total. The first-order valence-electron chi connectivity index (χ1n) is 3.75. The van der Waals surface area contributed by atoms with E-state index in [0.29, 0.717) is 0 Å². The fourth-order valence-corrected chi connectivity index (χ4v) is 1.04. The smallest absolute Gasteiger partial charge is 0.341 e. The van der Waals surface area contributed by atoms with Gasteiger partial charge in [-0.05, 0) is 6.07 Å². The lowest BCUT2D eigenvalue weighted by atomic mass is 10.2. The zero-order valence-corrected chi connectivity index (χ0v) is 8.39. The molecule has 0 atom stereocenters. The molecule has 0 saturated carbocycles. The van der Waals surface area contributed by atoms with Crippen molar-refractivity contribution in [3.05, 3.63) is 23.4 Å². The minimum Gasteiger partial charge on any atom is -0.480 e. The highest BCUT2D eigenvalue weighted by atomic mass is 35.5. The van der Waals surface area contributed by atoms with E-state index in [1.54, 1.807) is 0 Å². The van der Waals surface area contributed by atoms with Gasteiger partial charge in [-0.15, -0.1) is 0 Å². The number of rotatable bonds is 3. The Labute approximate surface area is 89.8 Å². The minimum absolute atomic E-state index is 0.0337. The molecule has 6 nitrogen and oxygen atoms in total. The maximum absolute atomic E-state index is 10.8. The first-order chi connectivity index (χ1) is 7.10. The number of nitrogens with zero attached hydrogens (tertiary/aromatic N) is 2. The van der Waals surface area contributed by atoms with Gasteiger partial charge in [0.1, 0.15) is 5.56 Å². The van der Waals surface area contributed by atoms with Gasteiger partial charge >= 0.3 is 5.97 Å². The van der Waals surface area contributed by atoms with Crippen molar-refractivity contribution in [3.63, 3.8) is 0 Å². The van der Waals surface area contributed by atoms with Crippen LogP contribution in [0.1, 0.15) is 15.9 Å². The summed E-state index contributed by atoms with van der Waals surface area (Å²) in [5.41, 5.74) is 0.0363. The van der Waals surface area contributed by atoms with Crippen LogP contribution < -0.4 is 4.74 Å². The molecule has 0 aromatic carbocycles. The molecule has 0 bridgehead atoms. The number of oxime groups is 1. The first-order valence-corrected chi connectivity index (χ1v) is 4.13. The largest absolute Gasteiger partial charge is 0.480 e. The lowest BCUT2D eigenvalue weighted by Crippen LogP contribution is -2.05. The molecule has 80 valence electrons. The van der Waals surface area contributed by atoms with Gasteiger partial charge in [-0.25, -0.2) is 9.78 Å². The van der Waals surface area contributed by atoms with E-state index in [2.05, 4.69) is 10.1 Å². The van der Waals surface area contributed by atoms with Crippen LogP contribution in [-0.2, 0) is 0 Å². The normalized spacial score (nSPS) is 11.2. The highest BCUT2D eigenvalue weighted by Crippen LogP contribution is 2.17. The number of carbonyl (C=O) groups is 1. The number of carboxylic acid groups (broad SMARTS) is 1. The second-order valence-electron chi connectivity index (χ2n) is 2.48. The molecule has 1 heterocycles. The predicted octanol–water partition coefficient (Wildman–Crippen LogP) is 1.16. The summed E-state index contributed by atoms with van der Waals surface area (Å²) in [6.07, 6.45) is 1.24. The number of halogens is 1. The molecular formula is C8H7ClN2O4. The van der Waals surface area contributed by atoms with E-state index in [1.165, 1.54) is 19.4 Å². The van der Waals surface area contributed by atoms with Crippen LogP contribution >= 0.6 is 11.6 Å². The summed E-state index contributed by atoms with van der Waals surface area (Å²) in [5.74, 6) is -1.24. The molecule has 0 aliphatic heterocycles. The fraction of sp³-hybridized carbons (Fsp3) is 0.125. The van der Waals surface area contributed by atoms with Crippen LogP contribution in [-0.4, -0.2) is 33.5 Å². The number of aromatic nitrogens is 1. The number of pyridine rings is 1. The third-order valence-electron chi connectivity index (χ3n) is 1.60. The summed E-state index contributed by atoms with van der Waals surface area (Å²) in [7, 11) is 1.30. The molecule has 0 unspecified atom stereocenters. The average Bonchev–Trinajstić information content (AvgIpc) is 2.27. The Morgan fingerprint density at radius 1 is 1.67 bits per heavy atom. The third kappa shape index (κ3) is 2.35. The number of carboxylic acids is 1. The summed E-state index contributed by atoms with van der Waals surface area (Å²) in [6.45, 7) is 0. The van der Waals surface area contributed by atoms with Crippen molar-refractivity contribution in [2.75, 3.05) is 7.11 Å². The fourth-order valence-electron chi connectivity index (χ4n) is 0.939. The highest BCUT2D eigenvalue weighted by Gasteiger charge is 2.14. The van der Waals surface area contributed by atoms with Crippen molar-refractivity contribution in [2.24, 2.45) is 5.16 Å². The Balaban J connectivity index is 3.28. The molecule has 1 aromatic rings. The molecule has 0 spiro atoms. The van der Waals surface area contributed by atoms with Gasteiger partial charge in [-0.1, -0.05) is 16.8 Å². The first kappa shape index (κ1) is 11.3. The molecule has 0 amide bonds. The topological polar surface area (TPSA) is 92.0 Å². The van der Waals surface area contributed by atoms with Crippen molar-refractivity contribution in [1.29, 1.82) is 0 Å². The van der Waals surface area contributed by atoms with Crippen LogP contribution in [0.2, 0.25) is 0 Å². The maximum atomic E-state index is 10.8. The van der Waals surface area contributed by atoms with Crippen LogP contribution in [0.25, 0.3) is 0 Å². The van der Waals surface area contributed by atoms with Crippen LogP contribution in [0.4, 0.5) is 0 Å². The van der Waals surface area contributed by atoms with Gasteiger partial charge in [0.05, 0.1) is 7.11 Å². The van der Waals surface area contributed by atoms with Crippen molar-refractivity contribution >= 4 is 22.7 Å². The lowest BCUT2D eigenvalue weighted by molar-refractivity contribution is 0.0692. The van der Waals surface area contributed by atoms with E-state index in [0.717, 1.165) is 0 Å². The average molecular weight is 231 g/mol.